The quantitative estimate of drug-likeness (QED) is 0.144. The Morgan fingerprint density at radius 1 is 0.250 bits per heavy atom. The fourth-order valence-corrected chi connectivity index (χ4v) is 12.3. The highest BCUT2D eigenvalue weighted by molar-refractivity contribution is 6.10. The Balaban J connectivity index is 0.837. The van der Waals surface area contributed by atoms with Crippen LogP contribution in [0.25, 0.3) is 99.5 Å². The molecule has 356 valence electrons. The first kappa shape index (κ1) is 43.6. The van der Waals surface area contributed by atoms with Gasteiger partial charge in [0.2, 0.25) is 0 Å². The number of nitrogens with zero attached hydrogens (tertiary/aromatic N) is 1. The van der Waals surface area contributed by atoms with E-state index in [1.165, 1.54) is 33.4 Å². The molecule has 3 nitrogen and oxygen atoms in total. The summed E-state index contributed by atoms with van der Waals surface area (Å²) in [5.74, 6) is 0. The number of para-hydroxylation sites is 3. The van der Waals surface area contributed by atoms with Crippen molar-refractivity contribution in [2.75, 3.05) is 4.90 Å². The SMILES string of the molecule is c1ccc(C2(c3ccccc3)c3ccccc3-c3cc(N(c4ccc(-c5cccc(-c6ccc7oc8ccccc8c7c6)c5)cc4)c4ccc(-c5cccc(-c6cccc7c6oc6ccccc67)c5)cc4)ccc32)cc1. The molecule has 0 aliphatic heterocycles. The predicted octanol–water partition coefficient (Wildman–Crippen LogP) is 20.0. The van der Waals surface area contributed by atoms with Crippen LogP contribution in [0.2, 0.25) is 0 Å². The van der Waals surface area contributed by atoms with Crippen LogP contribution in [0.1, 0.15) is 22.3 Å². The van der Waals surface area contributed by atoms with Crippen LogP contribution in [0.5, 0.6) is 0 Å². The molecule has 1 aliphatic rings. The second-order valence-electron chi connectivity index (χ2n) is 19.9. The van der Waals surface area contributed by atoms with Crippen LogP contribution >= 0.6 is 0 Å². The molecule has 0 spiro atoms. The Labute approximate surface area is 440 Å². The van der Waals surface area contributed by atoms with E-state index in [-0.39, 0.29) is 0 Å². The third-order valence-electron chi connectivity index (χ3n) is 15.8. The monoisotopic (exact) mass is 969 g/mol. The normalized spacial score (nSPS) is 12.6. The maximum atomic E-state index is 6.48. The number of hydrogen-bond acceptors (Lipinski definition) is 3. The minimum atomic E-state index is -0.488. The van der Waals surface area contributed by atoms with E-state index in [2.05, 4.69) is 266 Å². The molecule has 0 radical (unpaired) electrons. The Kier molecular flexibility index (Phi) is 10.1. The fourth-order valence-electron chi connectivity index (χ4n) is 12.3. The summed E-state index contributed by atoms with van der Waals surface area (Å²) in [5.41, 5.74) is 23.0. The molecule has 2 aromatic heterocycles. The minimum absolute atomic E-state index is 0.488. The standard InChI is InChI=1S/C73H47NO2/c1-3-20-55(21-4-1)73(56-22-5-2-6-23-56)67-29-10-7-24-61(67)65-47-59(41-42-68(65)73)74(57-37-32-48(33-38-57)50-16-13-18-52(44-50)53-36-43-71-66(46-53)63-26-9-11-30-69(63)75-71)58-39-34-49(35-40-58)51-17-14-19-54(45-51)60-27-15-28-64-62-25-8-12-31-70(62)76-72(60)64/h1-47H. The largest absolute Gasteiger partial charge is 0.456 e. The molecule has 2 heterocycles. The van der Waals surface area contributed by atoms with Crippen LogP contribution in [-0.4, -0.2) is 0 Å². The zero-order chi connectivity index (χ0) is 50.2. The van der Waals surface area contributed by atoms with E-state index in [4.69, 9.17) is 8.83 Å². The Morgan fingerprint density at radius 2 is 0.711 bits per heavy atom. The average molecular weight is 970 g/mol. The lowest BCUT2D eigenvalue weighted by Gasteiger charge is -2.34. The fraction of sp³-hybridized carbons (Fsp3) is 0.0137. The topological polar surface area (TPSA) is 29.5 Å². The molecule has 0 saturated carbocycles. The van der Waals surface area contributed by atoms with Crippen molar-refractivity contribution in [3.63, 3.8) is 0 Å². The summed E-state index contributed by atoms with van der Waals surface area (Å²) in [7, 11) is 0. The lowest BCUT2D eigenvalue weighted by Crippen LogP contribution is -2.28. The highest BCUT2D eigenvalue weighted by Crippen LogP contribution is 2.57. The average Bonchev–Trinajstić information content (AvgIpc) is 4.22. The molecule has 3 heteroatoms. The molecular formula is C73H47NO2. The smallest absolute Gasteiger partial charge is 0.143 e. The van der Waals surface area contributed by atoms with Crippen molar-refractivity contribution in [3.8, 4) is 55.6 Å². The number of furan rings is 2. The molecule has 76 heavy (non-hydrogen) atoms. The van der Waals surface area contributed by atoms with Crippen LogP contribution in [-0.2, 0) is 5.41 Å². The summed E-state index contributed by atoms with van der Waals surface area (Å²) < 4.78 is 12.7. The summed E-state index contributed by atoms with van der Waals surface area (Å²) in [6, 6.07) is 103. The number of anilines is 3. The maximum Gasteiger partial charge on any atom is 0.143 e. The van der Waals surface area contributed by atoms with Gasteiger partial charge >= 0.3 is 0 Å². The van der Waals surface area contributed by atoms with E-state index in [1.54, 1.807) is 0 Å². The van der Waals surface area contributed by atoms with E-state index in [0.29, 0.717) is 0 Å². The zero-order valence-electron chi connectivity index (χ0n) is 41.4. The summed E-state index contributed by atoms with van der Waals surface area (Å²) >= 11 is 0. The predicted molar refractivity (Wildman–Crippen MR) is 315 cm³/mol. The third kappa shape index (κ3) is 6.97. The molecule has 0 bridgehead atoms. The summed E-state index contributed by atoms with van der Waals surface area (Å²) in [5, 5.41) is 4.52. The van der Waals surface area contributed by atoms with Gasteiger partial charge in [-0.1, -0.05) is 212 Å². The Hall–Kier alpha value is -9.96. The highest BCUT2D eigenvalue weighted by Gasteiger charge is 2.46. The molecule has 1 aliphatic carbocycles. The van der Waals surface area contributed by atoms with E-state index in [1.807, 2.05) is 24.3 Å². The summed E-state index contributed by atoms with van der Waals surface area (Å²) in [6.07, 6.45) is 0. The number of benzene rings is 12. The first-order valence-corrected chi connectivity index (χ1v) is 26.0. The minimum Gasteiger partial charge on any atom is -0.456 e. The molecular weight excluding hydrogens is 923 g/mol. The van der Waals surface area contributed by atoms with Gasteiger partial charge in [-0.15, -0.1) is 0 Å². The van der Waals surface area contributed by atoms with Gasteiger partial charge in [0, 0.05) is 44.2 Å². The van der Waals surface area contributed by atoms with E-state index < -0.39 is 5.41 Å². The van der Waals surface area contributed by atoms with Gasteiger partial charge < -0.3 is 13.7 Å². The molecule has 0 amide bonds. The number of rotatable bonds is 9. The zero-order valence-corrected chi connectivity index (χ0v) is 41.4. The van der Waals surface area contributed by atoms with Gasteiger partial charge in [0.1, 0.15) is 22.3 Å². The van der Waals surface area contributed by atoms with Gasteiger partial charge in [-0.3, -0.25) is 0 Å². The molecule has 0 fully saturated rings. The van der Waals surface area contributed by atoms with Gasteiger partial charge in [0.05, 0.1) is 5.41 Å². The summed E-state index contributed by atoms with van der Waals surface area (Å²) in [6.45, 7) is 0. The van der Waals surface area contributed by atoms with Crippen LogP contribution in [0.3, 0.4) is 0 Å². The van der Waals surface area contributed by atoms with Gasteiger partial charge in [-0.05, 0) is 145 Å². The van der Waals surface area contributed by atoms with Crippen LogP contribution in [0.4, 0.5) is 17.1 Å². The first-order valence-electron chi connectivity index (χ1n) is 26.0. The lowest BCUT2D eigenvalue weighted by molar-refractivity contribution is 0.669. The van der Waals surface area contributed by atoms with Crippen LogP contribution < -0.4 is 4.90 Å². The van der Waals surface area contributed by atoms with Crippen LogP contribution in [0.15, 0.2) is 294 Å². The van der Waals surface area contributed by atoms with Crippen molar-refractivity contribution < 1.29 is 8.83 Å². The maximum absolute atomic E-state index is 6.48. The second kappa shape index (κ2) is 17.6. The van der Waals surface area contributed by atoms with Gasteiger partial charge in [0.15, 0.2) is 0 Å². The van der Waals surface area contributed by atoms with Crippen molar-refractivity contribution >= 4 is 60.9 Å². The Bertz CT molecular complexity index is 4470. The molecule has 0 atom stereocenters. The summed E-state index contributed by atoms with van der Waals surface area (Å²) in [4.78, 5) is 2.40. The third-order valence-corrected chi connectivity index (χ3v) is 15.8. The Morgan fingerprint density at radius 3 is 1.39 bits per heavy atom. The first-order chi connectivity index (χ1) is 37.7. The van der Waals surface area contributed by atoms with E-state index >= 15 is 0 Å². The lowest BCUT2D eigenvalue weighted by atomic mass is 9.68. The number of fused-ring (bicyclic) bond motifs is 9. The molecule has 0 N–H and O–H groups in total. The molecule has 0 saturated heterocycles. The molecule has 0 unspecified atom stereocenters. The van der Waals surface area contributed by atoms with E-state index in [9.17, 15) is 0 Å². The second-order valence-corrected chi connectivity index (χ2v) is 19.9. The van der Waals surface area contributed by atoms with Crippen molar-refractivity contribution in [1.29, 1.82) is 0 Å². The van der Waals surface area contributed by atoms with Gasteiger partial charge in [-0.2, -0.15) is 0 Å². The van der Waals surface area contributed by atoms with Crippen molar-refractivity contribution in [2.24, 2.45) is 0 Å². The molecule has 12 aromatic carbocycles. The van der Waals surface area contributed by atoms with Crippen LogP contribution in [0, 0.1) is 0 Å². The highest BCUT2D eigenvalue weighted by atomic mass is 16.3. The van der Waals surface area contributed by atoms with Gasteiger partial charge in [0.25, 0.3) is 0 Å². The van der Waals surface area contributed by atoms with Crippen molar-refractivity contribution in [3.05, 3.63) is 307 Å². The molecule has 14 aromatic rings. The van der Waals surface area contributed by atoms with Crippen molar-refractivity contribution in [1.82, 2.24) is 0 Å². The molecule has 15 rings (SSSR count). The van der Waals surface area contributed by atoms with E-state index in [0.717, 1.165) is 105 Å². The van der Waals surface area contributed by atoms with Crippen molar-refractivity contribution in [2.45, 2.75) is 5.41 Å². The number of hydrogen-bond donors (Lipinski definition) is 0. The van der Waals surface area contributed by atoms with Gasteiger partial charge in [-0.25, -0.2) is 0 Å².